The van der Waals surface area contributed by atoms with Crippen molar-refractivity contribution in [2.75, 3.05) is 27.5 Å². The van der Waals surface area contributed by atoms with E-state index in [-0.39, 0.29) is 24.8 Å². The van der Waals surface area contributed by atoms with Crippen molar-refractivity contribution in [3.8, 4) is 17.2 Å². The maximum absolute atomic E-state index is 13.6. The predicted octanol–water partition coefficient (Wildman–Crippen LogP) is 4.01. The molecule has 1 unspecified atom stereocenters. The van der Waals surface area contributed by atoms with E-state index in [1.807, 2.05) is 42.5 Å². The lowest BCUT2D eigenvalue weighted by molar-refractivity contribution is -0.133. The highest BCUT2D eigenvalue weighted by Gasteiger charge is 2.35. The van der Waals surface area contributed by atoms with E-state index in [2.05, 4.69) is 5.10 Å². The van der Waals surface area contributed by atoms with Crippen molar-refractivity contribution in [1.29, 1.82) is 0 Å². The first kappa shape index (κ1) is 23.3. The first-order valence-electron chi connectivity index (χ1n) is 11.4. The molecule has 36 heavy (non-hydrogen) atoms. The third-order valence-electron chi connectivity index (χ3n) is 6.16. The monoisotopic (exact) mass is 489 g/mol. The molecule has 8 nitrogen and oxygen atoms in total. The molecule has 0 saturated carbocycles. The molecule has 5 rings (SSSR count). The number of halogens is 1. The van der Waals surface area contributed by atoms with Crippen molar-refractivity contribution in [1.82, 2.24) is 9.91 Å². The molecule has 2 heterocycles. The van der Waals surface area contributed by atoms with Gasteiger partial charge in [0.1, 0.15) is 18.1 Å². The summed E-state index contributed by atoms with van der Waals surface area (Å²) in [5.41, 5.74) is 2.59. The van der Waals surface area contributed by atoms with Crippen LogP contribution in [0.15, 0.2) is 71.8 Å². The van der Waals surface area contributed by atoms with Crippen LogP contribution >= 0.6 is 0 Å². The van der Waals surface area contributed by atoms with Crippen molar-refractivity contribution in [3.63, 3.8) is 0 Å². The fourth-order valence-corrected chi connectivity index (χ4v) is 4.27. The molecule has 0 N–H and O–H groups in total. The first-order chi connectivity index (χ1) is 17.4. The highest BCUT2D eigenvalue weighted by molar-refractivity contribution is 6.03. The maximum Gasteiger partial charge on any atom is 0.262 e. The zero-order chi connectivity index (χ0) is 25.2. The van der Waals surface area contributed by atoms with Crippen molar-refractivity contribution in [2.24, 2.45) is 5.10 Å². The second kappa shape index (κ2) is 9.69. The topological polar surface area (TPSA) is 80.7 Å². The summed E-state index contributed by atoms with van der Waals surface area (Å²) >= 11 is 0. The van der Waals surface area contributed by atoms with E-state index in [4.69, 9.17) is 14.2 Å². The standard InChI is InChI=1S/C27H24FN3O5/c1-30(27(33)19-4-3-5-20(28)12-19)15-26(32)31-23(18-8-11-24-25(13-18)36-16-35-24)14-22(29-31)17-6-9-21(34-2)10-7-17/h3-13,23H,14-16H2,1-2H3. The Hall–Kier alpha value is -4.40. The van der Waals surface area contributed by atoms with Crippen molar-refractivity contribution in [2.45, 2.75) is 12.5 Å². The summed E-state index contributed by atoms with van der Waals surface area (Å²) < 4.78 is 29.8. The molecular weight excluding hydrogens is 465 g/mol. The van der Waals surface area contributed by atoms with Gasteiger partial charge in [-0.1, -0.05) is 12.1 Å². The van der Waals surface area contributed by atoms with Crippen LogP contribution in [0.1, 0.15) is 33.9 Å². The van der Waals surface area contributed by atoms with Crippen LogP contribution in [0.25, 0.3) is 0 Å². The van der Waals surface area contributed by atoms with Crippen molar-refractivity contribution < 1.29 is 28.2 Å². The number of fused-ring (bicyclic) bond motifs is 1. The van der Waals surface area contributed by atoms with Crippen molar-refractivity contribution >= 4 is 17.5 Å². The third kappa shape index (κ3) is 4.59. The number of hydrogen-bond acceptors (Lipinski definition) is 6. The number of hydrogen-bond donors (Lipinski definition) is 0. The number of carbonyl (C=O) groups is 2. The van der Waals surface area contributed by atoms with E-state index >= 15 is 0 Å². The second-order valence-electron chi connectivity index (χ2n) is 8.52. The number of ether oxygens (including phenoxy) is 3. The van der Waals surface area contributed by atoms with Gasteiger partial charge >= 0.3 is 0 Å². The average molecular weight is 490 g/mol. The molecule has 0 fully saturated rings. The highest BCUT2D eigenvalue weighted by atomic mass is 19.1. The molecule has 2 amide bonds. The Morgan fingerprint density at radius 3 is 2.61 bits per heavy atom. The number of likely N-dealkylation sites (N-methyl/N-ethyl adjacent to an activating group) is 1. The van der Waals surface area contributed by atoms with Crippen LogP contribution in [0.4, 0.5) is 4.39 Å². The van der Waals surface area contributed by atoms with Gasteiger partial charge in [0.25, 0.3) is 11.8 Å². The molecule has 3 aromatic rings. The van der Waals surface area contributed by atoms with Gasteiger partial charge in [-0.15, -0.1) is 0 Å². The third-order valence-corrected chi connectivity index (χ3v) is 6.16. The van der Waals surface area contributed by atoms with E-state index in [0.29, 0.717) is 17.9 Å². The van der Waals surface area contributed by atoms with Gasteiger partial charge in [0, 0.05) is 19.0 Å². The number of amides is 2. The zero-order valence-electron chi connectivity index (χ0n) is 19.8. The highest BCUT2D eigenvalue weighted by Crippen LogP contribution is 2.39. The van der Waals surface area contributed by atoms with E-state index in [1.54, 1.807) is 7.11 Å². The number of rotatable bonds is 6. The number of benzene rings is 3. The van der Waals surface area contributed by atoms with Gasteiger partial charge in [-0.25, -0.2) is 9.40 Å². The number of methoxy groups -OCH3 is 1. The summed E-state index contributed by atoms with van der Waals surface area (Å²) in [6.07, 6.45) is 0.471. The molecule has 2 aliphatic rings. The molecule has 0 bridgehead atoms. The van der Waals surface area contributed by atoms with Gasteiger partial charge in [0.15, 0.2) is 11.5 Å². The summed E-state index contributed by atoms with van der Waals surface area (Å²) in [4.78, 5) is 27.5. The minimum atomic E-state index is -0.517. The zero-order valence-corrected chi connectivity index (χ0v) is 19.8. The molecule has 2 aliphatic heterocycles. The fourth-order valence-electron chi connectivity index (χ4n) is 4.27. The number of hydrazone groups is 1. The van der Waals surface area contributed by atoms with Gasteiger partial charge in [-0.2, -0.15) is 5.10 Å². The summed E-state index contributed by atoms with van der Waals surface area (Å²) in [5.74, 6) is 0.629. The lowest BCUT2D eigenvalue weighted by atomic mass is 9.98. The van der Waals surface area contributed by atoms with E-state index in [9.17, 15) is 14.0 Å². The van der Waals surface area contributed by atoms with Gasteiger partial charge in [0.05, 0.1) is 18.9 Å². The van der Waals surface area contributed by atoms with Crippen LogP contribution < -0.4 is 14.2 Å². The average Bonchev–Trinajstić information content (AvgIpc) is 3.55. The quantitative estimate of drug-likeness (QED) is 0.523. The minimum Gasteiger partial charge on any atom is -0.497 e. The Morgan fingerprint density at radius 2 is 1.86 bits per heavy atom. The molecule has 0 radical (unpaired) electrons. The van der Waals surface area contributed by atoms with Gasteiger partial charge in [-0.05, 0) is 65.7 Å². The molecule has 184 valence electrons. The van der Waals surface area contributed by atoms with Crippen LogP contribution in [0.5, 0.6) is 17.2 Å². The molecule has 1 atom stereocenters. The maximum atomic E-state index is 13.6. The lowest BCUT2D eigenvalue weighted by Gasteiger charge is -2.25. The summed E-state index contributed by atoms with van der Waals surface area (Å²) in [6, 6.07) is 18.0. The largest absolute Gasteiger partial charge is 0.497 e. The van der Waals surface area contributed by atoms with Gasteiger partial charge < -0.3 is 19.1 Å². The summed E-state index contributed by atoms with van der Waals surface area (Å²) in [6.45, 7) is -0.0809. The molecule has 0 aromatic heterocycles. The van der Waals surface area contributed by atoms with Crippen molar-refractivity contribution in [3.05, 3.63) is 89.2 Å². The SMILES string of the molecule is COc1ccc(C2=NN(C(=O)CN(C)C(=O)c3cccc(F)c3)C(c3ccc4c(c3)OCO4)C2)cc1. The molecule has 0 aliphatic carbocycles. The van der Waals surface area contributed by atoms with Crippen LogP contribution in [0, 0.1) is 5.82 Å². The summed E-state index contributed by atoms with van der Waals surface area (Å²) in [5, 5.41) is 6.06. The van der Waals surface area contributed by atoms with Crippen LogP contribution in [0.2, 0.25) is 0 Å². The Morgan fingerprint density at radius 1 is 1.08 bits per heavy atom. The lowest BCUT2D eigenvalue weighted by Crippen LogP contribution is -2.39. The van der Waals surface area contributed by atoms with Gasteiger partial charge in [-0.3, -0.25) is 9.59 Å². The Balaban J connectivity index is 1.41. The van der Waals surface area contributed by atoms with E-state index < -0.39 is 17.8 Å². The van der Waals surface area contributed by atoms with E-state index in [0.717, 1.165) is 28.7 Å². The molecular formula is C27H24FN3O5. The number of nitrogens with zero attached hydrogens (tertiary/aromatic N) is 3. The Labute approximate surface area is 207 Å². The Kier molecular flexibility index (Phi) is 6.28. The predicted molar refractivity (Wildman–Crippen MR) is 130 cm³/mol. The minimum absolute atomic E-state index is 0.146. The second-order valence-corrected chi connectivity index (χ2v) is 8.52. The fraction of sp³-hybridized carbons (Fsp3) is 0.222. The van der Waals surface area contributed by atoms with E-state index in [1.165, 1.54) is 35.2 Å². The molecule has 9 heteroatoms. The molecule has 0 saturated heterocycles. The van der Waals surface area contributed by atoms with Crippen LogP contribution in [-0.2, 0) is 4.79 Å². The first-order valence-corrected chi connectivity index (χ1v) is 11.4. The number of carbonyl (C=O) groups excluding carboxylic acids is 2. The molecule has 3 aromatic carbocycles. The summed E-state index contributed by atoms with van der Waals surface area (Å²) in [7, 11) is 3.10. The van der Waals surface area contributed by atoms with Gasteiger partial charge in [0.2, 0.25) is 6.79 Å². The van der Waals surface area contributed by atoms with Crippen LogP contribution in [0.3, 0.4) is 0 Å². The molecule has 0 spiro atoms. The smallest absolute Gasteiger partial charge is 0.262 e. The Bertz CT molecular complexity index is 1340. The normalized spacial score (nSPS) is 16.0. The van der Waals surface area contributed by atoms with Crippen LogP contribution in [-0.4, -0.2) is 54.9 Å².